The van der Waals surface area contributed by atoms with Gasteiger partial charge in [-0.2, -0.15) is 25.2 Å². The van der Waals surface area contributed by atoms with Crippen molar-refractivity contribution >= 4 is 105 Å². The Labute approximate surface area is 376 Å². The number of carbonyl (C=O) groups is 4. The molecule has 0 fully saturated rings. The Kier molecular flexibility index (Phi) is 14.0. The maximum Gasteiger partial charge on any atom is 0.338 e. The van der Waals surface area contributed by atoms with Crippen LogP contribution in [0.5, 0.6) is 11.8 Å². The first-order valence-corrected chi connectivity index (χ1v) is 18.6. The van der Waals surface area contributed by atoms with Crippen molar-refractivity contribution in [1.29, 1.82) is 5.26 Å². The summed E-state index contributed by atoms with van der Waals surface area (Å²) in [6.45, 7) is 10.6. The van der Waals surface area contributed by atoms with Crippen molar-refractivity contribution in [3.05, 3.63) is 111 Å². The Morgan fingerprint density at radius 1 is 0.769 bits per heavy atom. The molecule has 0 saturated carbocycles. The van der Waals surface area contributed by atoms with Crippen molar-refractivity contribution in [2.24, 2.45) is 25.4 Å². The van der Waals surface area contributed by atoms with E-state index in [1.54, 1.807) is 6.07 Å². The normalized spacial score (nSPS) is 11.4. The Morgan fingerprint density at radius 3 is 1.75 bits per heavy atom. The summed E-state index contributed by atoms with van der Waals surface area (Å²) in [6, 6.07) is 5.01. The van der Waals surface area contributed by atoms with Crippen LogP contribution in [-0.4, -0.2) is 91.0 Å². The number of azo groups is 2. The molecule has 25 nitrogen and oxygen atoms in total. The fraction of sp³-hybridized carbons (Fsp3) is 0.135. The highest BCUT2D eigenvalue weighted by atomic mass is 35.5. The number of pyridine rings is 2. The van der Waals surface area contributed by atoms with E-state index in [0.717, 1.165) is 24.3 Å². The summed E-state index contributed by atoms with van der Waals surface area (Å²) < 4.78 is 1.23. The number of carboxylic acids is 4. The first kappa shape index (κ1) is 47.4. The van der Waals surface area contributed by atoms with Gasteiger partial charge in [-0.25, -0.2) is 28.6 Å². The number of nitrogens with one attached hydrogen (secondary N) is 1. The molecular formula is C37H24Cl3N13O12. The molecular weight excluding hydrogens is 925 g/mol. The first-order chi connectivity index (χ1) is 30.6. The molecule has 65 heavy (non-hydrogen) atoms. The second-order valence-corrected chi connectivity index (χ2v) is 13.9. The van der Waals surface area contributed by atoms with Crippen molar-refractivity contribution in [3.63, 3.8) is 0 Å². The lowest BCUT2D eigenvalue weighted by Crippen LogP contribution is -2.26. The second kappa shape index (κ2) is 19.2. The molecule has 0 bridgehead atoms. The Morgan fingerprint density at radius 2 is 1.28 bits per heavy atom. The van der Waals surface area contributed by atoms with Gasteiger partial charge in [0, 0.05) is 18.7 Å². The first-order valence-electron chi connectivity index (χ1n) is 17.5. The van der Waals surface area contributed by atoms with E-state index in [-0.39, 0.29) is 29.5 Å². The van der Waals surface area contributed by atoms with Gasteiger partial charge in [-0.3, -0.25) is 14.2 Å². The summed E-state index contributed by atoms with van der Waals surface area (Å²) in [5.41, 5.74) is -7.77. The monoisotopic (exact) mass is 947 g/mol. The van der Waals surface area contributed by atoms with E-state index in [4.69, 9.17) is 41.4 Å². The number of carboxylic acid groups (broad SMARTS) is 4. The molecule has 0 aliphatic heterocycles. The van der Waals surface area contributed by atoms with E-state index >= 15 is 0 Å². The molecule has 2 aromatic carbocycles. The Hall–Kier alpha value is -8.65. The third-order valence-electron chi connectivity index (χ3n) is 8.83. The molecule has 7 N–H and O–H groups in total. The van der Waals surface area contributed by atoms with Gasteiger partial charge in [0.2, 0.25) is 23.0 Å². The summed E-state index contributed by atoms with van der Waals surface area (Å²) in [7, 11) is 0. The standard InChI is InChI=1S/C37H24Cl3N13O12/c1-12-19(11-41)27(54)52(28(55)25(12)50-48-22-9-15(31(58)59)20(38)7-17(22)33(62)63)6-5-43-36-45-35(40)46-37(47-36)44-14(3)53-29(56)24(42-4)13(2)26(30(53)57)51-49-23-10-16(32(60)61)21(39)8-18(23)34(64)65/h7-10,54,56H,5-6H2,1-3H3,(H,58,59)(H,60,61)(H,62,63)(H,64,65)(H,43,45,46,47). The number of halogens is 3. The van der Waals surface area contributed by atoms with Crippen LogP contribution >= 0.6 is 34.8 Å². The molecule has 5 aromatic rings. The van der Waals surface area contributed by atoms with Crippen molar-refractivity contribution in [3.8, 4) is 17.8 Å². The molecule has 28 heteroatoms. The SMILES string of the molecule is [C-]#[N+]c1c(C)c(N=Nc2cc(C(=O)O)c(Cl)cc2C(=O)O)c(=O)n(C(C)=Nc2nc(Cl)nc(NCCn3c(O)c(C#N)c(C)c(N=Nc4cc(C(=O)O)c(Cl)cc4C(=O)O)c3=O)n2)c1O. The van der Waals surface area contributed by atoms with Gasteiger partial charge in [0.25, 0.3) is 22.8 Å². The summed E-state index contributed by atoms with van der Waals surface area (Å²) in [5.74, 6) is -9.04. The molecule has 330 valence electrons. The van der Waals surface area contributed by atoms with E-state index in [1.807, 2.05) is 0 Å². The predicted octanol–water partition coefficient (Wildman–Crippen LogP) is 6.94. The van der Waals surface area contributed by atoms with E-state index in [0.29, 0.717) is 9.13 Å². The number of hydrogen-bond acceptors (Lipinski definition) is 18. The zero-order valence-corrected chi connectivity index (χ0v) is 35.1. The lowest BCUT2D eigenvalue weighted by atomic mass is 10.1. The second-order valence-electron chi connectivity index (χ2n) is 12.8. The molecule has 0 spiro atoms. The molecule has 0 saturated heterocycles. The maximum atomic E-state index is 13.8. The summed E-state index contributed by atoms with van der Waals surface area (Å²) >= 11 is 17.9. The number of aromatic hydroxyl groups is 2. The van der Waals surface area contributed by atoms with Crippen LogP contribution in [0.2, 0.25) is 15.3 Å². The number of aromatic nitrogens is 5. The quantitative estimate of drug-likeness (QED) is 0.0272. The Balaban J connectivity index is 1.48. The maximum absolute atomic E-state index is 13.8. The van der Waals surface area contributed by atoms with E-state index in [9.17, 15) is 64.7 Å². The highest BCUT2D eigenvalue weighted by Gasteiger charge is 2.24. The molecule has 3 aromatic heterocycles. The summed E-state index contributed by atoms with van der Waals surface area (Å²) in [6.07, 6.45) is 0. The zero-order valence-electron chi connectivity index (χ0n) is 32.9. The third kappa shape index (κ3) is 9.71. The van der Waals surface area contributed by atoms with E-state index < -0.39 is 131 Å². The van der Waals surface area contributed by atoms with Gasteiger partial charge < -0.3 is 36.0 Å². The zero-order chi connectivity index (χ0) is 48.2. The van der Waals surface area contributed by atoms with Crippen LogP contribution in [0, 0.1) is 31.8 Å². The fourth-order valence-corrected chi connectivity index (χ4v) is 6.32. The molecule has 0 unspecified atom stereocenters. The van der Waals surface area contributed by atoms with Crippen molar-refractivity contribution < 1.29 is 49.8 Å². The lowest BCUT2D eigenvalue weighted by molar-refractivity contribution is 0.0682. The molecule has 0 aliphatic rings. The summed E-state index contributed by atoms with van der Waals surface area (Å²) in [5, 5.41) is 86.3. The van der Waals surface area contributed by atoms with E-state index in [1.165, 1.54) is 20.8 Å². The van der Waals surface area contributed by atoms with Crippen LogP contribution < -0.4 is 16.4 Å². The smallest absolute Gasteiger partial charge is 0.338 e. The summed E-state index contributed by atoms with van der Waals surface area (Å²) in [4.78, 5) is 93.5. The number of aliphatic imine (C=N–C) groups is 1. The lowest BCUT2D eigenvalue weighted by Gasteiger charge is -2.14. The van der Waals surface area contributed by atoms with Gasteiger partial charge in [-0.1, -0.05) is 23.2 Å². The number of rotatable bonds is 13. The minimum absolute atomic E-state index is 0.157. The molecule has 0 aliphatic carbocycles. The molecule has 0 amide bonds. The molecule has 5 rings (SSSR count). The fourth-order valence-electron chi connectivity index (χ4n) is 5.67. The minimum atomic E-state index is -1.57. The van der Waals surface area contributed by atoms with Gasteiger partial charge in [-0.05, 0) is 62.2 Å². The van der Waals surface area contributed by atoms with Crippen LogP contribution in [0.15, 0.2) is 59.3 Å². The molecule has 0 atom stereocenters. The number of hydrogen-bond donors (Lipinski definition) is 7. The number of benzene rings is 2. The van der Waals surface area contributed by atoms with Gasteiger partial charge in [0.1, 0.15) is 34.5 Å². The van der Waals surface area contributed by atoms with Crippen LogP contribution in [-0.2, 0) is 6.54 Å². The Bertz CT molecular complexity index is 3230. The number of anilines is 1. The van der Waals surface area contributed by atoms with Crippen LogP contribution in [0.4, 0.5) is 40.3 Å². The van der Waals surface area contributed by atoms with Crippen molar-refractivity contribution in [1.82, 2.24) is 24.1 Å². The van der Waals surface area contributed by atoms with Gasteiger partial charge in [0.05, 0.1) is 38.9 Å². The molecule has 0 radical (unpaired) electrons. The van der Waals surface area contributed by atoms with Gasteiger partial charge >= 0.3 is 23.9 Å². The van der Waals surface area contributed by atoms with E-state index in [2.05, 4.69) is 50.6 Å². The highest BCUT2D eigenvalue weighted by molar-refractivity contribution is 6.34. The van der Waals surface area contributed by atoms with Gasteiger partial charge in [0.15, 0.2) is 5.69 Å². The highest BCUT2D eigenvalue weighted by Crippen LogP contribution is 2.36. The number of nitriles is 1. The minimum Gasteiger partial charge on any atom is -0.502 e. The number of nitrogens with zero attached hydrogens (tertiary/aromatic N) is 12. The average molecular weight is 949 g/mol. The topological polar surface area (TPSA) is 374 Å². The number of aromatic carboxylic acids is 4. The van der Waals surface area contributed by atoms with Crippen LogP contribution in [0.25, 0.3) is 4.85 Å². The van der Waals surface area contributed by atoms with Crippen molar-refractivity contribution in [2.75, 3.05) is 11.9 Å². The van der Waals surface area contributed by atoms with Gasteiger partial charge in [-0.15, -0.1) is 20.5 Å². The van der Waals surface area contributed by atoms with Crippen molar-refractivity contribution in [2.45, 2.75) is 27.3 Å². The average Bonchev–Trinajstić information content (AvgIpc) is 3.22. The molecule has 3 heterocycles. The van der Waals surface area contributed by atoms with Crippen LogP contribution in [0.1, 0.15) is 65.0 Å². The largest absolute Gasteiger partial charge is 0.502 e. The van der Waals surface area contributed by atoms with Crippen LogP contribution in [0.3, 0.4) is 0 Å². The third-order valence-corrected chi connectivity index (χ3v) is 9.62. The predicted molar refractivity (Wildman–Crippen MR) is 226 cm³/mol.